The maximum atomic E-state index is 10.0. The summed E-state index contributed by atoms with van der Waals surface area (Å²) in [5, 5.41) is 16.4. The van der Waals surface area contributed by atoms with E-state index in [2.05, 4.69) is 20.6 Å². The summed E-state index contributed by atoms with van der Waals surface area (Å²) in [5.74, 6) is 0.705. The summed E-state index contributed by atoms with van der Waals surface area (Å²) in [6.07, 6.45) is 3.62. The average Bonchev–Trinajstić information content (AvgIpc) is 2.49. The number of nitrogens with zero attached hydrogens (tertiary/aromatic N) is 2. The smallest absolute Gasteiger partial charge is 0.191 e. The number of aliphatic hydroxyl groups excluding tert-OH is 1. The molecule has 6 nitrogen and oxygen atoms in total. The van der Waals surface area contributed by atoms with Gasteiger partial charge in [0.1, 0.15) is 0 Å². The van der Waals surface area contributed by atoms with Crippen molar-refractivity contribution in [2.45, 2.75) is 19.4 Å². The fraction of sp³-hybridized carbons (Fsp3) is 0.571. The standard InChI is InChI=1S/C14H24N4O2/c1-3-16-14(17-7-4-10-20-2)18-11-13(19)12-5-8-15-9-6-12/h5-6,8-9,13,19H,3-4,7,10-11H2,1-2H3,(H2,16,17,18). The molecule has 0 fully saturated rings. The largest absolute Gasteiger partial charge is 0.386 e. The molecule has 0 saturated carbocycles. The average molecular weight is 280 g/mol. The van der Waals surface area contributed by atoms with Gasteiger partial charge in [0.2, 0.25) is 0 Å². The molecule has 0 aliphatic carbocycles. The van der Waals surface area contributed by atoms with Crippen LogP contribution in [0.25, 0.3) is 0 Å². The Morgan fingerprint density at radius 1 is 1.40 bits per heavy atom. The van der Waals surface area contributed by atoms with Crippen molar-refractivity contribution in [1.29, 1.82) is 0 Å². The summed E-state index contributed by atoms with van der Waals surface area (Å²) in [6, 6.07) is 3.58. The number of methoxy groups -OCH3 is 1. The third-order valence-corrected chi connectivity index (χ3v) is 2.68. The summed E-state index contributed by atoms with van der Waals surface area (Å²) >= 11 is 0. The zero-order valence-electron chi connectivity index (χ0n) is 12.2. The Labute approximate surface area is 120 Å². The van der Waals surface area contributed by atoms with Crippen LogP contribution in [-0.4, -0.2) is 49.4 Å². The molecule has 3 N–H and O–H groups in total. The number of ether oxygens (including phenoxy) is 1. The maximum absolute atomic E-state index is 10.0. The lowest BCUT2D eigenvalue weighted by atomic mass is 10.1. The molecule has 1 aromatic rings. The van der Waals surface area contributed by atoms with E-state index < -0.39 is 6.10 Å². The number of pyridine rings is 1. The summed E-state index contributed by atoms with van der Waals surface area (Å²) in [4.78, 5) is 8.30. The lowest BCUT2D eigenvalue weighted by Crippen LogP contribution is -2.38. The Morgan fingerprint density at radius 3 is 2.80 bits per heavy atom. The second-order valence-corrected chi connectivity index (χ2v) is 4.29. The normalized spacial score (nSPS) is 13.1. The first kappa shape index (κ1) is 16.4. The van der Waals surface area contributed by atoms with Crippen LogP contribution in [0.5, 0.6) is 0 Å². The number of hydrogen-bond donors (Lipinski definition) is 3. The number of aliphatic hydroxyl groups is 1. The molecule has 0 saturated heterocycles. The molecule has 1 heterocycles. The van der Waals surface area contributed by atoms with Crippen molar-refractivity contribution in [3.63, 3.8) is 0 Å². The Morgan fingerprint density at radius 2 is 2.15 bits per heavy atom. The number of hydrogen-bond acceptors (Lipinski definition) is 4. The van der Waals surface area contributed by atoms with E-state index in [1.165, 1.54) is 0 Å². The van der Waals surface area contributed by atoms with Gasteiger partial charge in [0, 0.05) is 39.2 Å². The fourth-order valence-electron chi connectivity index (χ4n) is 1.63. The number of nitrogens with one attached hydrogen (secondary N) is 2. The van der Waals surface area contributed by atoms with E-state index in [0.29, 0.717) is 19.1 Å². The van der Waals surface area contributed by atoms with Crippen LogP contribution in [0.15, 0.2) is 29.5 Å². The number of guanidine groups is 1. The Bertz CT molecular complexity index is 384. The Hall–Kier alpha value is -1.66. The quantitative estimate of drug-likeness (QED) is 0.371. The highest BCUT2D eigenvalue weighted by atomic mass is 16.5. The monoisotopic (exact) mass is 280 g/mol. The van der Waals surface area contributed by atoms with Crippen molar-refractivity contribution in [2.24, 2.45) is 4.99 Å². The second-order valence-electron chi connectivity index (χ2n) is 4.29. The third kappa shape index (κ3) is 6.49. The minimum atomic E-state index is -0.618. The molecule has 1 rings (SSSR count). The fourth-order valence-corrected chi connectivity index (χ4v) is 1.63. The molecule has 6 heteroatoms. The minimum Gasteiger partial charge on any atom is -0.386 e. The highest BCUT2D eigenvalue weighted by Gasteiger charge is 2.06. The van der Waals surface area contributed by atoms with E-state index in [4.69, 9.17) is 4.74 Å². The SMILES string of the molecule is CCNC(=NCC(O)c1ccncc1)NCCCOC. The second kappa shape index (κ2) is 10.2. The molecule has 1 atom stereocenters. The first-order chi connectivity index (χ1) is 9.77. The van der Waals surface area contributed by atoms with E-state index >= 15 is 0 Å². The molecule has 0 aliphatic heterocycles. The molecule has 1 aromatic heterocycles. The molecule has 112 valence electrons. The van der Waals surface area contributed by atoms with Crippen molar-refractivity contribution < 1.29 is 9.84 Å². The molecule has 0 bridgehead atoms. The molecular weight excluding hydrogens is 256 g/mol. The first-order valence-electron chi connectivity index (χ1n) is 6.87. The predicted molar refractivity (Wildman–Crippen MR) is 79.7 cm³/mol. The summed E-state index contributed by atoms with van der Waals surface area (Å²) in [5.41, 5.74) is 0.819. The van der Waals surface area contributed by atoms with E-state index in [-0.39, 0.29) is 0 Å². The summed E-state index contributed by atoms with van der Waals surface area (Å²) < 4.78 is 4.99. The zero-order valence-corrected chi connectivity index (χ0v) is 12.2. The van der Waals surface area contributed by atoms with Gasteiger partial charge in [-0.3, -0.25) is 9.98 Å². The van der Waals surface area contributed by atoms with Gasteiger partial charge in [0.25, 0.3) is 0 Å². The van der Waals surface area contributed by atoms with Gasteiger partial charge in [-0.05, 0) is 31.0 Å². The van der Waals surface area contributed by atoms with Crippen LogP contribution in [0.3, 0.4) is 0 Å². The van der Waals surface area contributed by atoms with Gasteiger partial charge in [-0.1, -0.05) is 0 Å². The number of aliphatic imine (C=N–C) groups is 1. The van der Waals surface area contributed by atoms with Gasteiger partial charge in [0.05, 0.1) is 12.6 Å². The highest BCUT2D eigenvalue weighted by Crippen LogP contribution is 2.10. The highest BCUT2D eigenvalue weighted by molar-refractivity contribution is 5.79. The van der Waals surface area contributed by atoms with Crippen LogP contribution in [0.2, 0.25) is 0 Å². The lowest BCUT2D eigenvalue weighted by molar-refractivity contribution is 0.187. The van der Waals surface area contributed by atoms with Crippen LogP contribution >= 0.6 is 0 Å². The topological polar surface area (TPSA) is 78.8 Å². The molecule has 1 unspecified atom stereocenters. The van der Waals surface area contributed by atoms with Crippen molar-refractivity contribution >= 4 is 5.96 Å². The van der Waals surface area contributed by atoms with Crippen LogP contribution in [0.4, 0.5) is 0 Å². The van der Waals surface area contributed by atoms with E-state index in [1.807, 2.05) is 6.92 Å². The van der Waals surface area contributed by atoms with Crippen molar-refractivity contribution in [3.8, 4) is 0 Å². The van der Waals surface area contributed by atoms with Gasteiger partial charge >= 0.3 is 0 Å². The maximum Gasteiger partial charge on any atom is 0.191 e. The van der Waals surface area contributed by atoms with E-state index in [1.54, 1.807) is 31.6 Å². The molecule has 20 heavy (non-hydrogen) atoms. The van der Waals surface area contributed by atoms with Gasteiger partial charge in [0.15, 0.2) is 5.96 Å². The Kier molecular flexibility index (Phi) is 8.33. The van der Waals surface area contributed by atoms with Crippen LogP contribution in [-0.2, 0) is 4.74 Å². The van der Waals surface area contributed by atoms with Crippen molar-refractivity contribution in [1.82, 2.24) is 15.6 Å². The van der Waals surface area contributed by atoms with Crippen LogP contribution < -0.4 is 10.6 Å². The number of aromatic nitrogens is 1. The van der Waals surface area contributed by atoms with Crippen LogP contribution in [0.1, 0.15) is 25.0 Å². The lowest BCUT2D eigenvalue weighted by Gasteiger charge is -2.13. The summed E-state index contributed by atoms with van der Waals surface area (Å²) in [6.45, 7) is 4.59. The predicted octanol–water partition coefficient (Wildman–Crippen LogP) is 0.707. The zero-order chi connectivity index (χ0) is 14.6. The molecule has 0 spiro atoms. The molecule has 0 aromatic carbocycles. The minimum absolute atomic E-state index is 0.309. The van der Waals surface area contributed by atoms with Gasteiger partial charge in [-0.15, -0.1) is 0 Å². The van der Waals surface area contributed by atoms with Gasteiger partial charge < -0.3 is 20.5 Å². The van der Waals surface area contributed by atoms with Gasteiger partial charge in [-0.25, -0.2) is 0 Å². The van der Waals surface area contributed by atoms with E-state index in [0.717, 1.165) is 25.1 Å². The van der Waals surface area contributed by atoms with E-state index in [9.17, 15) is 5.11 Å². The molecule has 0 aliphatic rings. The first-order valence-corrected chi connectivity index (χ1v) is 6.87. The Balaban J connectivity index is 2.45. The molecule has 0 radical (unpaired) electrons. The third-order valence-electron chi connectivity index (χ3n) is 2.68. The summed E-state index contributed by atoms with van der Waals surface area (Å²) in [7, 11) is 1.68. The number of rotatable bonds is 8. The van der Waals surface area contributed by atoms with Crippen LogP contribution in [0, 0.1) is 0 Å². The molecule has 0 amide bonds. The van der Waals surface area contributed by atoms with Gasteiger partial charge in [-0.2, -0.15) is 0 Å². The van der Waals surface area contributed by atoms with Crippen molar-refractivity contribution in [3.05, 3.63) is 30.1 Å². The van der Waals surface area contributed by atoms with Crippen molar-refractivity contribution in [2.75, 3.05) is 33.4 Å². The molecular formula is C14H24N4O2.